The number of amides is 1. The Kier molecular flexibility index (Phi) is 6.32. The summed E-state index contributed by atoms with van der Waals surface area (Å²) in [6.45, 7) is 2.67. The predicted octanol–water partition coefficient (Wildman–Crippen LogP) is 2.73. The molecule has 0 aromatic heterocycles. The SMILES string of the molecule is CC(=O)c1ccc(S(=O)(=O)N2CCN(C(=O)Cc3ccc(Br)cc3)CC2)cc1. The van der Waals surface area contributed by atoms with E-state index < -0.39 is 10.0 Å². The third-order valence-corrected chi connectivity index (χ3v) is 7.20. The van der Waals surface area contributed by atoms with Crippen molar-refractivity contribution in [3.8, 4) is 0 Å². The van der Waals surface area contributed by atoms with Gasteiger partial charge in [0.25, 0.3) is 0 Å². The van der Waals surface area contributed by atoms with Crippen LogP contribution in [0.3, 0.4) is 0 Å². The van der Waals surface area contributed by atoms with Crippen molar-refractivity contribution in [2.45, 2.75) is 18.2 Å². The van der Waals surface area contributed by atoms with E-state index in [1.807, 2.05) is 24.3 Å². The third kappa shape index (κ3) is 4.68. The van der Waals surface area contributed by atoms with Crippen molar-refractivity contribution in [2.75, 3.05) is 26.2 Å². The largest absolute Gasteiger partial charge is 0.340 e. The Morgan fingerprint density at radius 1 is 0.929 bits per heavy atom. The molecule has 8 heteroatoms. The molecule has 1 amide bonds. The van der Waals surface area contributed by atoms with Crippen LogP contribution in [0.2, 0.25) is 0 Å². The number of halogens is 1. The van der Waals surface area contributed by atoms with Gasteiger partial charge in [-0.15, -0.1) is 0 Å². The van der Waals surface area contributed by atoms with E-state index in [-0.39, 0.29) is 29.7 Å². The first-order valence-corrected chi connectivity index (χ1v) is 11.1. The van der Waals surface area contributed by atoms with Crippen LogP contribution in [0.25, 0.3) is 0 Å². The summed E-state index contributed by atoms with van der Waals surface area (Å²) in [6.07, 6.45) is 0.298. The Labute approximate surface area is 173 Å². The molecule has 2 aromatic rings. The van der Waals surface area contributed by atoms with Gasteiger partial charge in [0.2, 0.25) is 15.9 Å². The molecule has 0 radical (unpaired) electrons. The molecule has 1 saturated heterocycles. The van der Waals surface area contributed by atoms with Crippen molar-refractivity contribution in [2.24, 2.45) is 0 Å². The van der Waals surface area contributed by atoms with Crippen molar-refractivity contribution in [3.63, 3.8) is 0 Å². The maximum Gasteiger partial charge on any atom is 0.243 e. The zero-order chi connectivity index (χ0) is 20.3. The molecule has 0 spiro atoms. The van der Waals surface area contributed by atoms with Crippen molar-refractivity contribution < 1.29 is 18.0 Å². The molecular formula is C20H21BrN2O4S. The second-order valence-corrected chi connectivity index (χ2v) is 9.52. The average molecular weight is 465 g/mol. The molecule has 1 fully saturated rings. The lowest BCUT2D eigenvalue weighted by molar-refractivity contribution is -0.131. The van der Waals surface area contributed by atoms with Crippen molar-refractivity contribution >= 4 is 37.6 Å². The zero-order valence-electron chi connectivity index (χ0n) is 15.5. The van der Waals surface area contributed by atoms with Crippen molar-refractivity contribution in [1.82, 2.24) is 9.21 Å². The number of carbonyl (C=O) groups is 2. The molecule has 1 heterocycles. The van der Waals surface area contributed by atoms with Gasteiger partial charge in [-0.25, -0.2) is 8.42 Å². The summed E-state index contributed by atoms with van der Waals surface area (Å²) in [5, 5.41) is 0. The molecule has 0 unspecified atom stereocenters. The number of sulfonamides is 1. The minimum absolute atomic E-state index is 0.00909. The van der Waals surface area contributed by atoms with E-state index in [2.05, 4.69) is 15.9 Å². The number of hydrogen-bond acceptors (Lipinski definition) is 4. The Morgan fingerprint density at radius 3 is 2.04 bits per heavy atom. The molecule has 0 aliphatic carbocycles. The van der Waals surface area contributed by atoms with E-state index in [1.54, 1.807) is 4.90 Å². The second kappa shape index (κ2) is 8.55. The molecule has 6 nitrogen and oxygen atoms in total. The highest BCUT2D eigenvalue weighted by Gasteiger charge is 2.30. The third-order valence-electron chi connectivity index (χ3n) is 4.76. The molecule has 0 N–H and O–H groups in total. The Hall–Kier alpha value is -2.03. The average Bonchev–Trinajstić information content (AvgIpc) is 2.70. The monoisotopic (exact) mass is 464 g/mol. The number of carbonyl (C=O) groups excluding carboxylic acids is 2. The molecule has 28 heavy (non-hydrogen) atoms. The molecule has 1 aliphatic rings. The van der Waals surface area contributed by atoms with Gasteiger partial charge < -0.3 is 4.90 Å². The van der Waals surface area contributed by atoms with Gasteiger partial charge in [0.05, 0.1) is 11.3 Å². The smallest absolute Gasteiger partial charge is 0.243 e. The molecule has 1 aliphatic heterocycles. The van der Waals surface area contributed by atoms with Gasteiger partial charge in [-0.05, 0) is 36.8 Å². The molecule has 3 rings (SSSR count). The first-order valence-electron chi connectivity index (χ1n) is 8.91. The number of hydrogen-bond donors (Lipinski definition) is 0. The zero-order valence-corrected chi connectivity index (χ0v) is 17.9. The molecule has 0 saturated carbocycles. The van der Waals surface area contributed by atoms with Gasteiger partial charge in [0, 0.05) is 36.2 Å². The summed E-state index contributed by atoms with van der Waals surface area (Å²) >= 11 is 3.37. The van der Waals surface area contributed by atoms with Crippen LogP contribution in [-0.4, -0.2) is 55.5 Å². The van der Waals surface area contributed by atoms with Gasteiger partial charge in [-0.3, -0.25) is 9.59 Å². The highest BCUT2D eigenvalue weighted by molar-refractivity contribution is 9.10. The number of piperazine rings is 1. The first kappa shape index (κ1) is 20.7. The summed E-state index contributed by atoms with van der Waals surface area (Å²) in [6, 6.07) is 13.5. The fourth-order valence-electron chi connectivity index (χ4n) is 3.08. The van der Waals surface area contributed by atoms with Gasteiger partial charge in [0.15, 0.2) is 5.78 Å². The lowest BCUT2D eigenvalue weighted by atomic mass is 10.1. The molecule has 2 aromatic carbocycles. The van der Waals surface area contributed by atoms with Gasteiger partial charge >= 0.3 is 0 Å². The fourth-order valence-corrected chi connectivity index (χ4v) is 4.76. The van der Waals surface area contributed by atoms with Crippen molar-refractivity contribution in [3.05, 3.63) is 64.1 Å². The van der Waals surface area contributed by atoms with Crippen LogP contribution >= 0.6 is 15.9 Å². The van der Waals surface area contributed by atoms with E-state index in [0.29, 0.717) is 25.1 Å². The van der Waals surface area contributed by atoms with Crippen LogP contribution in [0, 0.1) is 0 Å². The van der Waals surface area contributed by atoms with Gasteiger partial charge in [0.1, 0.15) is 0 Å². The number of benzene rings is 2. The van der Waals surface area contributed by atoms with Gasteiger partial charge in [-0.1, -0.05) is 40.2 Å². The lowest BCUT2D eigenvalue weighted by Crippen LogP contribution is -2.50. The minimum Gasteiger partial charge on any atom is -0.340 e. The molecule has 148 valence electrons. The summed E-state index contributed by atoms with van der Waals surface area (Å²) in [5.74, 6) is -0.118. The standard InChI is InChI=1S/C20H21BrN2O4S/c1-15(24)17-4-8-19(9-5-17)28(26,27)23-12-10-22(11-13-23)20(25)14-16-2-6-18(21)7-3-16/h2-9H,10-14H2,1H3. The minimum atomic E-state index is -3.64. The highest BCUT2D eigenvalue weighted by Crippen LogP contribution is 2.19. The Bertz CT molecular complexity index is 964. The van der Waals surface area contributed by atoms with Crippen LogP contribution in [-0.2, 0) is 21.2 Å². The second-order valence-electron chi connectivity index (χ2n) is 6.67. The summed E-state index contributed by atoms with van der Waals surface area (Å²) in [4.78, 5) is 25.7. The Morgan fingerprint density at radius 2 is 1.50 bits per heavy atom. The van der Waals surface area contributed by atoms with Crippen LogP contribution in [0.1, 0.15) is 22.8 Å². The van der Waals surface area contributed by atoms with Gasteiger partial charge in [-0.2, -0.15) is 4.31 Å². The van der Waals surface area contributed by atoms with Crippen molar-refractivity contribution in [1.29, 1.82) is 0 Å². The number of rotatable bonds is 5. The topological polar surface area (TPSA) is 74.8 Å². The molecule has 0 atom stereocenters. The van der Waals surface area contributed by atoms with E-state index >= 15 is 0 Å². The molecule has 0 bridgehead atoms. The van der Waals surface area contributed by atoms with E-state index in [0.717, 1.165) is 10.0 Å². The maximum absolute atomic E-state index is 12.8. The quantitative estimate of drug-likeness (QED) is 0.637. The predicted molar refractivity (Wildman–Crippen MR) is 110 cm³/mol. The maximum atomic E-state index is 12.8. The fraction of sp³-hybridized carbons (Fsp3) is 0.300. The first-order chi connectivity index (χ1) is 13.3. The van der Waals surface area contributed by atoms with Crippen LogP contribution in [0.5, 0.6) is 0 Å². The number of Topliss-reactive ketones (excluding diaryl/α,β-unsaturated/α-hetero) is 1. The number of nitrogens with zero attached hydrogens (tertiary/aromatic N) is 2. The van der Waals surface area contributed by atoms with E-state index in [4.69, 9.17) is 0 Å². The normalized spacial score (nSPS) is 15.4. The van der Waals surface area contributed by atoms with E-state index in [1.165, 1.54) is 35.5 Å². The van der Waals surface area contributed by atoms with Crippen LogP contribution < -0.4 is 0 Å². The lowest BCUT2D eigenvalue weighted by Gasteiger charge is -2.34. The highest BCUT2D eigenvalue weighted by atomic mass is 79.9. The number of ketones is 1. The van der Waals surface area contributed by atoms with Crippen LogP contribution in [0.15, 0.2) is 57.9 Å². The van der Waals surface area contributed by atoms with Crippen LogP contribution in [0.4, 0.5) is 0 Å². The summed E-state index contributed by atoms with van der Waals surface area (Å²) < 4.78 is 27.9. The van der Waals surface area contributed by atoms with E-state index in [9.17, 15) is 18.0 Å². The Balaban J connectivity index is 1.61. The summed E-state index contributed by atoms with van der Waals surface area (Å²) in [5.41, 5.74) is 1.40. The molecular weight excluding hydrogens is 444 g/mol. The summed E-state index contributed by atoms with van der Waals surface area (Å²) in [7, 11) is -3.64.